The number of hydrogen-bond donors (Lipinski definition) is 2. The zero-order valence-electron chi connectivity index (χ0n) is 10.2. The summed E-state index contributed by atoms with van der Waals surface area (Å²) in [6.45, 7) is 4.49. The molecule has 1 rings (SSSR count). The van der Waals surface area contributed by atoms with E-state index in [4.69, 9.17) is 5.11 Å². The number of nitrogens with one attached hydrogen (secondary N) is 1. The van der Waals surface area contributed by atoms with E-state index in [2.05, 4.69) is 21.2 Å². The number of benzene rings is 1. The van der Waals surface area contributed by atoms with Crippen molar-refractivity contribution in [3.8, 4) is 0 Å². The van der Waals surface area contributed by atoms with Crippen LogP contribution in [0.1, 0.15) is 38.3 Å². The fourth-order valence-electron chi connectivity index (χ4n) is 1.67. The van der Waals surface area contributed by atoms with Crippen LogP contribution < -0.4 is 5.32 Å². The Labute approximate surface area is 110 Å². The van der Waals surface area contributed by atoms with Crippen molar-refractivity contribution in [2.45, 2.75) is 38.8 Å². The van der Waals surface area contributed by atoms with Crippen molar-refractivity contribution in [3.63, 3.8) is 0 Å². The van der Waals surface area contributed by atoms with E-state index < -0.39 is 0 Å². The molecular formula is C13H19BrFNO. The lowest BCUT2D eigenvalue weighted by molar-refractivity contribution is 0.181. The maximum Gasteiger partial charge on any atom is 0.128 e. The molecule has 0 bridgehead atoms. The van der Waals surface area contributed by atoms with Gasteiger partial charge in [0, 0.05) is 16.1 Å². The molecule has 2 unspecified atom stereocenters. The van der Waals surface area contributed by atoms with Crippen LogP contribution >= 0.6 is 15.9 Å². The van der Waals surface area contributed by atoms with E-state index in [1.54, 1.807) is 19.1 Å². The third kappa shape index (κ3) is 5.15. The average Bonchev–Trinajstić information content (AvgIpc) is 2.27. The molecule has 0 aliphatic heterocycles. The Balaban J connectivity index is 2.46. The zero-order valence-corrected chi connectivity index (χ0v) is 11.8. The molecule has 2 nitrogen and oxygen atoms in total. The standard InChI is InChI=1S/C13H19BrFNO/c1-9(17)4-3-7-16-10(2)12-8-11(14)5-6-13(12)15/h5-6,8-10,16-17H,3-4,7H2,1-2H3. The fraction of sp³-hybridized carbons (Fsp3) is 0.538. The van der Waals surface area contributed by atoms with E-state index in [9.17, 15) is 4.39 Å². The number of aliphatic hydroxyl groups is 1. The number of halogens is 2. The quantitative estimate of drug-likeness (QED) is 0.790. The lowest BCUT2D eigenvalue weighted by Crippen LogP contribution is -2.21. The molecule has 0 heterocycles. The first-order chi connectivity index (χ1) is 8.00. The van der Waals surface area contributed by atoms with Gasteiger partial charge in [0.2, 0.25) is 0 Å². The van der Waals surface area contributed by atoms with E-state index in [1.807, 2.05) is 6.92 Å². The Hall–Kier alpha value is -0.450. The van der Waals surface area contributed by atoms with Gasteiger partial charge in [0.05, 0.1) is 6.10 Å². The van der Waals surface area contributed by atoms with Gasteiger partial charge in [0.25, 0.3) is 0 Å². The van der Waals surface area contributed by atoms with Crippen molar-refractivity contribution in [2.24, 2.45) is 0 Å². The van der Waals surface area contributed by atoms with Crippen LogP contribution in [0.15, 0.2) is 22.7 Å². The molecule has 2 N–H and O–H groups in total. The van der Waals surface area contributed by atoms with E-state index in [0.29, 0.717) is 5.56 Å². The predicted octanol–water partition coefficient (Wildman–Crippen LogP) is 3.40. The van der Waals surface area contributed by atoms with Gasteiger partial charge in [-0.2, -0.15) is 0 Å². The van der Waals surface area contributed by atoms with Crippen molar-refractivity contribution in [1.82, 2.24) is 5.32 Å². The molecule has 0 radical (unpaired) electrons. The van der Waals surface area contributed by atoms with Gasteiger partial charge in [-0.25, -0.2) is 4.39 Å². The van der Waals surface area contributed by atoms with E-state index in [1.165, 1.54) is 6.07 Å². The predicted molar refractivity (Wildman–Crippen MR) is 71.4 cm³/mol. The van der Waals surface area contributed by atoms with Gasteiger partial charge >= 0.3 is 0 Å². The lowest BCUT2D eigenvalue weighted by Gasteiger charge is -2.15. The van der Waals surface area contributed by atoms with Crippen molar-refractivity contribution in [3.05, 3.63) is 34.1 Å². The second kappa shape index (κ2) is 7.09. The minimum absolute atomic E-state index is 0.0264. The van der Waals surface area contributed by atoms with Crippen LogP contribution in [0.3, 0.4) is 0 Å². The van der Waals surface area contributed by atoms with Crippen molar-refractivity contribution >= 4 is 15.9 Å². The summed E-state index contributed by atoms with van der Waals surface area (Å²) >= 11 is 3.34. The monoisotopic (exact) mass is 303 g/mol. The van der Waals surface area contributed by atoms with Crippen LogP contribution in [-0.4, -0.2) is 17.8 Å². The molecule has 2 atom stereocenters. The largest absolute Gasteiger partial charge is 0.393 e. The third-order valence-corrected chi connectivity index (χ3v) is 3.17. The second-order valence-corrected chi connectivity index (χ2v) is 5.25. The highest BCUT2D eigenvalue weighted by Crippen LogP contribution is 2.21. The molecule has 0 saturated carbocycles. The molecule has 0 aliphatic carbocycles. The molecule has 0 aromatic heterocycles. The van der Waals surface area contributed by atoms with Crippen molar-refractivity contribution in [2.75, 3.05) is 6.54 Å². The molecule has 0 saturated heterocycles. The molecule has 0 aliphatic rings. The van der Waals surface area contributed by atoms with Crippen LogP contribution in [0.5, 0.6) is 0 Å². The van der Waals surface area contributed by atoms with Crippen molar-refractivity contribution in [1.29, 1.82) is 0 Å². The summed E-state index contributed by atoms with van der Waals surface area (Å²) in [7, 11) is 0. The summed E-state index contributed by atoms with van der Waals surface area (Å²) < 4.78 is 14.4. The summed E-state index contributed by atoms with van der Waals surface area (Å²) in [4.78, 5) is 0. The van der Waals surface area contributed by atoms with Gasteiger partial charge in [-0.05, 0) is 51.4 Å². The van der Waals surface area contributed by atoms with Crippen LogP contribution in [0.4, 0.5) is 4.39 Å². The van der Waals surface area contributed by atoms with Gasteiger partial charge < -0.3 is 10.4 Å². The highest BCUT2D eigenvalue weighted by atomic mass is 79.9. The summed E-state index contributed by atoms with van der Waals surface area (Å²) in [5.74, 6) is -0.191. The molecular weight excluding hydrogens is 285 g/mol. The summed E-state index contributed by atoms with van der Waals surface area (Å²) in [6.07, 6.45) is 1.38. The van der Waals surface area contributed by atoms with Crippen molar-refractivity contribution < 1.29 is 9.50 Å². The first-order valence-electron chi connectivity index (χ1n) is 5.87. The van der Waals surface area contributed by atoms with Crippen LogP contribution in [0.2, 0.25) is 0 Å². The highest BCUT2D eigenvalue weighted by molar-refractivity contribution is 9.10. The molecule has 4 heteroatoms. The first-order valence-corrected chi connectivity index (χ1v) is 6.66. The number of aliphatic hydroxyl groups excluding tert-OH is 1. The van der Waals surface area contributed by atoms with Gasteiger partial charge in [-0.1, -0.05) is 15.9 Å². The zero-order chi connectivity index (χ0) is 12.8. The third-order valence-electron chi connectivity index (χ3n) is 2.67. The lowest BCUT2D eigenvalue weighted by atomic mass is 10.1. The molecule has 96 valence electrons. The number of rotatable bonds is 6. The van der Waals surface area contributed by atoms with Gasteiger partial charge in [-0.15, -0.1) is 0 Å². The molecule has 1 aromatic rings. The topological polar surface area (TPSA) is 32.3 Å². The average molecular weight is 304 g/mol. The van der Waals surface area contributed by atoms with Gasteiger partial charge in [0.1, 0.15) is 5.82 Å². The fourth-order valence-corrected chi connectivity index (χ4v) is 2.05. The van der Waals surface area contributed by atoms with E-state index >= 15 is 0 Å². The summed E-state index contributed by atoms with van der Waals surface area (Å²) in [5.41, 5.74) is 0.663. The van der Waals surface area contributed by atoms with E-state index in [0.717, 1.165) is 23.9 Å². The molecule has 0 amide bonds. The highest BCUT2D eigenvalue weighted by Gasteiger charge is 2.10. The Morgan fingerprint density at radius 3 is 2.76 bits per heavy atom. The van der Waals surface area contributed by atoms with Gasteiger partial charge in [0.15, 0.2) is 0 Å². The van der Waals surface area contributed by atoms with Crippen LogP contribution in [-0.2, 0) is 0 Å². The Morgan fingerprint density at radius 1 is 1.41 bits per heavy atom. The van der Waals surface area contributed by atoms with Crippen LogP contribution in [0, 0.1) is 5.82 Å². The molecule has 17 heavy (non-hydrogen) atoms. The second-order valence-electron chi connectivity index (χ2n) is 4.33. The maximum absolute atomic E-state index is 13.6. The SMILES string of the molecule is CC(O)CCCNC(C)c1cc(Br)ccc1F. The summed E-state index contributed by atoms with van der Waals surface area (Å²) in [6, 6.07) is 4.93. The molecule has 0 spiro atoms. The first kappa shape index (κ1) is 14.6. The smallest absolute Gasteiger partial charge is 0.128 e. The minimum atomic E-state index is -0.269. The normalized spacial score (nSPS) is 14.6. The Morgan fingerprint density at radius 2 is 2.12 bits per heavy atom. The number of hydrogen-bond acceptors (Lipinski definition) is 2. The van der Waals surface area contributed by atoms with E-state index in [-0.39, 0.29) is 18.0 Å². The van der Waals surface area contributed by atoms with Crippen LogP contribution in [0.25, 0.3) is 0 Å². The Bertz CT molecular complexity index is 357. The maximum atomic E-state index is 13.6. The van der Waals surface area contributed by atoms with Gasteiger partial charge in [-0.3, -0.25) is 0 Å². The minimum Gasteiger partial charge on any atom is -0.393 e. The molecule has 0 fully saturated rings. The molecule has 1 aromatic carbocycles. The summed E-state index contributed by atoms with van der Waals surface area (Å²) in [5, 5.41) is 12.4. The Kier molecular flexibility index (Phi) is 6.09.